The summed E-state index contributed by atoms with van der Waals surface area (Å²) in [6.07, 6.45) is 3.45. The second-order valence-electron chi connectivity index (χ2n) is 5.23. The normalized spacial score (nSPS) is 11.3. The SMILES string of the molecule is CCCCc1ccc(OCC(C)(C)C(=O)O)cc1. The summed E-state index contributed by atoms with van der Waals surface area (Å²) in [6.45, 7) is 5.66. The molecule has 3 heteroatoms. The lowest BCUT2D eigenvalue weighted by Crippen LogP contribution is -2.30. The third-order valence-corrected chi connectivity index (χ3v) is 2.92. The fourth-order valence-electron chi connectivity index (χ4n) is 1.46. The predicted molar refractivity (Wildman–Crippen MR) is 72.0 cm³/mol. The number of ether oxygens (including phenoxy) is 1. The Balaban J connectivity index is 2.51. The Labute approximate surface area is 109 Å². The van der Waals surface area contributed by atoms with E-state index in [1.807, 2.05) is 24.3 Å². The highest BCUT2D eigenvalue weighted by Crippen LogP contribution is 2.19. The number of aliphatic carboxylic acids is 1. The molecule has 0 aromatic heterocycles. The number of hydrogen-bond donors (Lipinski definition) is 1. The second-order valence-corrected chi connectivity index (χ2v) is 5.23. The van der Waals surface area contributed by atoms with Crippen molar-refractivity contribution in [2.45, 2.75) is 40.0 Å². The summed E-state index contributed by atoms with van der Waals surface area (Å²) in [5, 5.41) is 8.98. The molecule has 0 unspecified atom stereocenters. The quantitative estimate of drug-likeness (QED) is 0.805. The van der Waals surface area contributed by atoms with Gasteiger partial charge in [0.25, 0.3) is 0 Å². The van der Waals surface area contributed by atoms with Crippen LogP contribution in [0.4, 0.5) is 0 Å². The molecule has 0 saturated heterocycles. The van der Waals surface area contributed by atoms with Gasteiger partial charge in [0.1, 0.15) is 12.4 Å². The smallest absolute Gasteiger partial charge is 0.312 e. The first kappa shape index (κ1) is 14.6. The summed E-state index contributed by atoms with van der Waals surface area (Å²) in [6, 6.07) is 7.89. The van der Waals surface area contributed by atoms with Gasteiger partial charge in [0, 0.05) is 0 Å². The lowest BCUT2D eigenvalue weighted by atomic mass is 9.95. The lowest BCUT2D eigenvalue weighted by Gasteiger charge is -2.19. The Morgan fingerprint density at radius 3 is 2.39 bits per heavy atom. The number of carbonyl (C=O) groups is 1. The Morgan fingerprint density at radius 2 is 1.89 bits per heavy atom. The first-order chi connectivity index (χ1) is 8.45. The maximum Gasteiger partial charge on any atom is 0.312 e. The maximum absolute atomic E-state index is 10.9. The van der Waals surface area contributed by atoms with Crippen molar-refractivity contribution >= 4 is 5.97 Å². The molecule has 1 aromatic carbocycles. The molecule has 0 atom stereocenters. The molecule has 0 spiro atoms. The summed E-state index contributed by atoms with van der Waals surface area (Å²) in [5.41, 5.74) is 0.433. The van der Waals surface area contributed by atoms with Crippen molar-refractivity contribution in [1.82, 2.24) is 0 Å². The number of carboxylic acids is 1. The molecule has 0 fully saturated rings. The van der Waals surface area contributed by atoms with Crippen LogP contribution in [0, 0.1) is 5.41 Å². The van der Waals surface area contributed by atoms with E-state index in [1.165, 1.54) is 18.4 Å². The van der Waals surface area contributed by atoms with Gasteiger partial charge < -0.3 is 9.84 Å². The lowest BCUT2D eigenvalue weighted by molar-refractivity contribution is -0.148. The van der Waals surface area contributed by atoms with Gasteiger partial charge >= 0.3 is 5.97 Å². The van der Waals surface area contributed by atoms with E-state index in [9.17, 15) is 4.79 Å². The minimum atomic E-state index is -0.860. The molecule has 1 rings (SSSR count). The zero-order valence-electron chi connectivity index (χ0n) is 11.4. The minimum Gasteiger partial charge on any atom is -0.492 e. The first-order valence-electron chi connectivity index (χ1n) is 6.41. The Kier molecular flexibility index (Phi) is 5.20. The van der Waals surface area contributed by atoms with Crippen molar-refractivity contribution in [1.29, 1.82) is 0 Å². The molecule has 1 N–H and O–H groups in total. The highest BCUT2D eigenvalue weighted by atomic mass is 16.5. The topological polar surface area (TPSA) is 46.5 Å². The second kappa shape index (κ2) is 6.43. The molecule has 0 aliphatic heterocycles. The van der Waals surface area contributed by atoms with Crippen LogP contribution in [0.25, 0.3) is 0 Å². The Bertz CT molecular complexity index is 379. The molecule has 0 radical (unpaired) electrons. The molecule has 18 heavy (non-hydrogen) atoms. The number of unbranched alkanes of at least 4 members (excludes halogenated alkanes) is 1. The highest BCUT2D eigenvalue weighted by Gasteiger charge is 2.28. The van der Waals surface area contributed by atoms with E-state index in [0.29, 0.717) is 0 Å². The molecular formula is C15H22O3. The molecule has 1 aromatic rings. The zero-order chi connectivity index (χ0) is 13.6. The summed E-state index contributed by atoms with van der Waals surface area (Å²) < 4.78 is 5.51. The van der Waals surface area contributed by atoms with Gasteiger partial charge in [-0.05, 0) is 44.4 Å². The van der Waals surface area contributed by atoms with Crippen LogP contribution in [0.1, 0.15) is 39.2 Å². The van der Waals surface area contributed by atoms with Gasteiger partial charge in [-0.25, -0.2) is 0 Å². The predicted octanol–water partition coefficient (Wildman–Crippen LogP) is 3.52. The summed E-state index contributed by atoms with van der Waals surface area (Å²) in [7, 11) is 0. The van der Waals surface area contributed by atoms with Gasteiger partial charge in [-0.1, -0.05) is 25.5 Å². The molecule has 0 aliphatic rings. The number of aryl methyl sites for hydroxylation is 1. The van der Waals surface area contributed by atoms with Crippen LogP contribution in [-0.2, 0) is 11.2 Å². The van der Waals surface area contributed by atoms with Crippen LogP contribution in [0.5, 0.6) is 5.75 Å². The van der Waals surface area contributed by atoms with Crippen molar-refractivity contribution in [3.05, 3.63) is 29.8 Å². The van der Waals surface area contributed by atoms with Gasteiger partial charge in [0.2, 0.25) is 0 Å². The average molecular weight is 250 g/mol. The van der Waals surface area contributed by atoms with Crippen molar-refractivity contribution in [3.8, 4) is 5.75 Å². The van der Waals surface area contributed by atoms with Crippen molar-refractivity contribution < 1.29 is 14.6 Å². The molecule has 100 valence electrons. The van der Waals surface area contributed by atoms with E-state index in [4.69, 9.17) is 9.84 Å². The molecule has 3 nitrogen and oxygen atoms in total. The summed E-state index contributed by atoms with van der Waals surface area (Å²) in [5.74, 6) is -0.119. The largest absolute Gasteiger partial charge is 0.492 e. The molecular weight excluding hydrogens is 228 g/mol. The van der Waals surface area contributed by atoms with Gasteiger partial charge in [-0.2, -0.15) is 0 Å². The van der Waals surface area contributed by atoms with Crippen LogP contribution in [0.2, 0.25) is 0 Å². The molecule has 0 amide bonds. The van der Waals surface area contributed by atoms with E-state index < -0.39 is 11.4 Å². The Hall–Kier alpha value is -1.51. The Morgan fingerprint density at radius 1 is 1.28 bits per heavy atom. The van der Waals surface area contributed by atoms with Crippen molar-refractivity contribution in [2.24, 2.45) is 5.41 Å². The summed E-state index contributed by atoms with van der Waals surface area (Å²) >= 11 is 0. The van der Waals surface area contributed by atoms with E-state index in [0.717, 1.165) is 12.2 Å². The van der Waals surface area contributed by atoms with E-state index in [2.05, 4.69) is 6.92 Å². The summed E-state index contributed by atoms with van der Waals surface area (Å²) in [4.78, 5) is 10.9. The van der Waals surface area contributed by atoms with Crippen LogP contribution in [-0.4, -0.2) is 17.7 Å². The molecule has 0 bridgehead atoms. The fraction of sp³-hybridized carbons (Fsp3) is 0.533. The monoisotopic (exact) mass is 250 g/mol. The number of hydrogen-bond acceptors (Lipinski definition) is 2. The molecule has 0 heterocycles. The number of benzene rings is 1. The van der Waals surface area contributed by atoms with E-state index in [1.54, 1.807) is 13.8 Å². The zero-order valence-corrected chi connectivity index (χ0v) is 11.4. The fourth-order valence-corrected chi connectivity index (χ4v) is 1.46. The van der Waals surface area contributed by atoms with Gasteiger partial charge in [0.05, 0.1) is 5.41 Å². The molecule has 0 saturated carbocycles. The standard InChI is InChI=1S/C15H22O3/c1-4-5-6-12-7-9-13(10-8-12)18-11-15(2,3)14(16)17/h7-10H,4-6,11H2,1-3H3,(H,16,17). The van der Waals surface area contributed by atoms with Crippen molar-refractivity contribution in [2.75, 3.05) is 6.61 Å². The van der Waals surface area contributed by atoms with Crippen molar-refractivity contribution in [3.63, 3.8) is 0 Å². The van der Waals surface area contributed by atoms with Crippen LogP contribution >= 0.6 is 0 Å². The third kappa shape index (κ3) is 4.40. The van der Waals surface area contributed by atoms with Gasteiger partial charge in [0.15, 0.2) is 0 Å². The van der Waals surface area contributed by atoms with Gasteiger partial charge in [-0.15, -0.1) is 0 Å². The number of rotatable bonds is 7. The van der Waals surface area contributed by atoms with Crippen LogP contribution in [0.15, 0.2) is 24.3 Å². The number of carboxylic acid groups (broad SMARTS) is 1. The molecule has 0 aliphatic carbocycles. The van der Waals surface area contributed by atoms with Gasteiger partial charge in [-0.3, -0.25) is 4.79 Å². The average Bonchev–Trinajstić information content (AvgIpc) is 2.35. The maximum atomic E-state index is 10.9. The minimum absolute atomic E-state index is 0.177. The highest BCUT2D eigenvalue weighted by molar-refractivity contribution is 5.73. The van der Waals surface area contributed by atoms with Crippen LogP contribution in [0.3, 0.4) is 0 Å². The van der Waals surface area contributed by atoms with E-state index >= 15 is 0 Å². The van der Waals surface area contributed by atoms with Crippen LogP contribution < -0.4 is 4.74 Å². The third-order valence-electron chi connectivity index (χ3n) is 2.92. The van der Waals surface area contributed by atoms with E-state index in [-0.39, 0.29) is 6.61 Å². The first-order valence-corrected chi connectivity index (χ1v) is 6.41.